The summed E-state index contributed by atoms with van der Waals surface area (Å²) in [5.41, 5.74) is 0. The highest BCUT2D eigenvalue weighted by molar-refractivity contribution is 5.69. The lowest BCUT2D eigenvalue weighted by atomic mass is 10.2. The first-order valence-electron chi connectivity index (χ1n) is 4.45. The molecule has 0 amide bonds. The Bertz CT molecular complexity index is 164. The second kappa shape index (κ2) is 7.80. The topological polar surface area (TPSA) is 35.5 Å². The van der Waals surface area contributed by atoms with E-state index < -0.39 is 0 Å². The fraction of sp³-hybridized carbons (Fsp3) is 0.700. The number of hydrogen-bond acceptors (Lipinski definition) is 3. The van der Waals surface area contributed by atoms with Crippen molar-refractivity contribution in [3.8, 4) is 0 Å². The highest BCUT2D eigenvalue weighted by Crippen LogP contribution is 1.99. The Balaban J connectivity index is 3.36. The van der Waals surface area contributed by atoms with Crippen molar-refractivity contribution in [1.29, 1.82) is 0 Å². The van der Waals surface area contributed by atoms with E-state index in [1.54, 1.807) is 7.11 Å². The largest absolute Gasteiger partial charge is 0.469 e. The summed E-state index contributed by atoms with van der Waals surface area (Å²) in [6.45, 7) is 2.00. The minimum absolute atomic E-state index is 0.163. The maximum atomic E-state index is 10.7. The summed E-state index contributed by atoms with van der Waals surface area (Å²) in [7, 11) is 3.09. The van der Waals surface area contributed by atoms with Crippen molar-refractivity contribution in [2.75, 3.05) is 14.2 Å². The Labute approximate surface area is 79.7 Å². The molecule has 0 bridgehead atoms. The summed E-state index contributed by atoms with van der Waals surface area (Å²) in [5.74, 6) is -0.163. The number of methoxy groups -OCH3 is 2. The lowest BCUT2D eigenvalue weighted by molar-refractivity contribution is -0.140. The summed E-state index contributed by atoms with van der Waals surface area (Å²) < 4.78 is 9.56. The van der Waals surface area contributed by atoms with Crippen molar-refractivity contribution in [2.45, 2.75) is 32.3 Å². The molecule has 13 heavy (non-hydrogen) atoms. The zero-order valence-corrected chi connectivity index (χ0v) is 8.58. The quantitative estimate of drug-likeness (QED) is 0.469. The molecule has 0 rings (SSSR count). The molecule has 0 saturated heterocycles. The van der Waals surface area contributed by atoms with Crippen molar-refractivity contribution < 1.29 is 14.3 Å². The van der Waals surface area contributed by atoms with Crippen LogP contribution in [0, 0.1) is 0 Å². The number of ether oxygens (including phenoxy) is 2. The summed E-state index contributed by atoms with van der Waals surface area (Å²) in [6, 6.07) is 0. The van der Waals surface area contributed by atoms with E-state index in [1.165, 1.54) is 7.11 Å². The average Bonchev–Trinajstić information content (AvgIpc) is 2.16. The fourth-order valence-corrected chi connectivity index (χ4v) is 0.805. The Kier molecular flexibility index (Phi) is 7.30. The van der Waals surface area contributed by atoms with Crippen LogP contribution in [0.4, 0.5) is 0 Å². The molecule has 1 atom stereocenters. The third kappa shape index (κ3) is 7.53. The molecule has 76 valence electrons. The van der Waals surface area contributed by atoms with Crippen molar-refractivity contribution in [2.24, 2.45) is 0 Å². The zero-order valence-electron chi connectivity index (χ0n) is 8.58. The molecule has 0 fully saturated rings. The number of esters is 1. The number of hydrogen-bond donors (Lipinski definition) is 0. The van der Waals surface area contributed by atoms with Gasteiger partial charge in [-0.05, 0) is 19.8 Å². The highest BCUT2D eigenvalue weighted by Gasteiger charge is 1.96. The third-order valence-electron chi connectivity index (χ3n) is 1.78. The minimum Gasteiger partial charge on any atom is -0.469 e. The van der Waals surface area contributed by atoms with Crippen LogP contribution < -0.4 is 0 Å². The van der Waals surface area contributed by atoms with Gasteiger partial charge in [-0.25, -0.2) is 0 Å². The first-order chi connectivity index (χ1) is 6.20. The van der Waals surface area contributed by atoms with Crippen LogP contribution in [0.15, 0.2) is 12.2 Å². The molecule has 0 aromatic heterocycles. The van der Waals surface area contributed by atoms with Gasteiger partial charge in [-0.2, -0.15) is 0 Å². The van der Waals surface area contributed by atoms with E-state index in [0.29, 0.717) is 6.42 Å². The van der Waals surface area contributed by atoms with E-state index >= 15 is 0 Å². The van der Waals surface area contributed by atoms with Crippen LogP contribution in [-0.2, 0) is 14.3 Å². The summed E-state index contributed by atoms with van der Waals surface area (Å²) >= 11 is 0. The normalized spacial score (nSPS) is 13.2. The van der Waals surface area contributed by atoms with Gasteiger partial charge in [0.15, 0.2) is 0 Å². The first-order valence-corrected chi connectivity index (χ1v) is 4.45. The summed E-state index contributed by atoms with van der Waals surface area (Å²) in [5, 5.41) is 0. The van der Waals surface area contributed by atoms with Gasteiger partial charge in [0.25, 0.3) is 0 Å². The Hall–Kier alpha value is -0.830. The molecule has 3 heteroatoms. The Morgan fingerprint density at radius 3 is 2.62 bits per heavy atom. The third-order valence-corrected chi connectivity index (χ3v) is 1.78. The van der Waals surface area contributed by atoms with E-state index in [-0.39, 0.29) is 12.1 Å². The maximum Gasteiger partial charge on any atom is 0.305 e. The predicted octanol–water partition coefficient (Wildman–Crippen LogP) is 1.92. The lowest BCUT2D eigenvalue weighted by Gasteiger charge is -2.03. The van der Waals surface area contributed by atoms with Gasteiger partial charge in [-0.15, -0.1) is 0 Å². The molecular weight excluding hydrogens is 168 g/mol. The average molecular weight is 186 g/mol. The molecule has 0 aliphatic carbocycles. The van der Waals surface area contributed by atoms with Crippen molar-refractivity contribution >= 4 is 5.97 Å². The molecule has 0 aliphatic rings. The van der Waals surface area contributed by atoms with Crippen LogP contribution in [0.2, 0.25) is 0 Å². The first kappa shape index (κ1) is 12.2. The molecule has 0 heterocycles. The SMILES string of the molecule is COC(=O)CC/C=C/C[C@H](C)OC. The predicted molar refractivity (Wildman–Crippen MR) is 51.5 cm³/mol. The molecule has 0 aromatic rings. The van der Waals surface area contributed by atoms with Crippen molar-refractivity contribution in [3.63, 3.8) is 0 Å². The van der Waals surface area contributed by atoms with Gasteiger partial charge in [0, 0.05) is 13.5 Å². The fourth-order valence-electron chi connectivity index (χ4n) is 0.805. The van der Waals surface area contributed by atoms with Crippen LogP contribution in [0.25, 0.3) is 0 Å². The Morgan fingerprint density at radius 1 is 1.38 bits per heavy atom. The number of carbonyl (C=O) groups is 1. The minimum atomic E-state index is -0.163. The van der Waals surface area contributed by atoms with Crippen LogP contribution >= 0.6 is 0 Å². The number of carbonyl (C=O) groups excluding carboxylic acids is 1. The monoisotopic (exact) mass is 186 g/mol. The van der Waals surface area contributed by atoms with Gasteiger partial charge >= 0.3 is 5.97 Å². The molecule has 0 aliphatic heterocycles. The summed E-state index contributed by atoms with van der Waals surface area (Å²) in [6.07, 6.45) is 6.33. The van der Waals surface area contributed by atoms with Gasteiger partial charge < -0.3 is 9.47 Å². The number of rotatable bonds is 6. The van der Waals surface area contributed by atoms with E-state index in [9.17, 15) is 4.79 Å². The zero-order chi connectivity index (χ0) is 10.1. The Morgan fingerprint density at radius 2 is 2.08 bits per heavy atom. The number of allylic oxidation sites excluding steroid dienone is 1. The standard InChI is InChI=1S/C10H18O3/c1-9(12-2)7-5-4-6-8-10(11)13-3/h4-5,9H,6-8H2,1-3H3/b5-4+/t9-/m0/s1. The van der Waals surface area contributed by atoms with Gasteiger partial charge in [-0.1, -0.05) is 12.2 Å². The molecule has 0 radical (unpaired) electrons. The lowest BCUT2D eigenvalue weighted by Crippen LogP contribution is -2.02. The second-order valence-electron chi connectivity index (χ2n) is 2.87. The van der Waals surface area contributed by atoms with Gasteiger partial charge in [0.2, 0.25) is 0 Å². The molecule has 0 aromatic carbocycles. The van der Waals surface area contributed by atoms with E-state index in [1.807, 2.05) is 19.1 Å². The van der Waals surface area contributed by atoms with Gasteiger partial charge in [0.05, 0.1) is 13.2 Å². The van der Waals surface area contributed by atoms with E-state index in [2.05, 4.69) is 4.74 Å². The van der Waals surface area contributed by atoms with E-state index in [4.69, 9.17) is 4.74 Å². The molecule has 0 saturated carbocycles. The maximum absolute atomic E-state index is 10.7. The van der Waals surface area contributed by atoms with Gasteiger partial charge in [0.1, 0.15) is 0 Å². The van der Waals surface area contributed by atoms with Crippen LogP contribution in [0.5, 0.6) is 0 Å². The molecule has 0 unspecified atom stereocenters. The highest BCUT2D eigenvalue weighted by atomic mass is 16.5. The van der Waals surface area contributed by atoms with Crippen LogP contribution in [0.3, 0.4) is 0 Å². The van der Waals surface area contributed by atoms with Crippen molar-refractivity contribution in [1.82, 2.24) is 0 Å². The molecule has 3 nitrogen and oxygen atoms in total. The van der Waals surface area contributed by atoms with Crippen LogP contribution in [0.1, 0.15) is 26.2 Å². The summed E-state index contributed by atoms with van der Waals surface area (Å²) in [4.78, 5) is 10.7. The molecule has 0 spiro atoms. The molecular formula is C10H18O3. The molecule has 0 N–H and O–H groups in total. The van der Waals surface area contributed by atoms with Crippen molar-refractivity contribution in [3.05, 3.63) is 12.2 Å². The second-order valence-corrected chi connectivity index (χ2v) is 2.87. The smallest absolute Gasteiger partial charge is 0.305 e. The van der Waals surface area contributed by atoms with Gasteiger partial charge in [-0.3, -0.25) is 4.79 Å². The van der Waals surface area contributed by atoms with Crippen LogP contribution in [-0.4, -0.2) is 26.3 Å². The van der Waals surface area contributed by atoms with E-state index in [0.717, 1.165) is 12.8 Å².